The zero-order chi connectivity index (χ0) is 17.0. The third kappa shape index (κ3) is 15.1. The summed E-state index contributed by atoms with van der Waals surface area (Å²) in [5.74, 6) is 0. The molecule has 124 valence electrons. The number of thiophene rings is 1. The monoisotopic (exact) mass is 354 g/mol. The van der Waals surface area contributed by atoms with Crippen LogP contribution in [0.4, 0.5) is 25.2 Å². The van der Waals surface area contributed by atoms with Crippen LogP contribution in [0.1, 0.15) is 4.88 Å². The Kier molecular flexibility index (Phi) is 5.66. The molecule has 0 bridgehead atoms. The minimum absolute atomic E-state index is 1.24. The average molecular weight is 354 g/mol. The fourth-order valence-corrected chi connectivity index (χ4v) is 1.93. The van der Waals surface area contributed by atoms with Crippen LogP contribution < -0.4 is 0 Å². The maximum atomic E-state index is 9.87. The standard InChI is InChI=1S/C11H17N2S.F6P/c1-12(2)8-7-10(13(3)4)11-6-5-9-14-11;1-7(2,3,4,5)6/h5-9H,1-4H3;/q+1;-1. The fourth-order valence-electron chi connectivity index (χ4n) is 1.10. The summed E-state index contributed by atoms with van der Waals surface area (Å²) in [6.07, 6.45) is 4.20. The van der Waals surface area contributed by atoms with E-state index in [1.807, 2.05) is 18.7 Å². The molecule has 0 fully saturated rings. The molecular formula is C11H17F6N2PS. The van der Waals surface area contributed by atoms with Gasteiger partial charge in [0, 0.05) is 20.2 Å². The molecule has 21 heavy (non-hydrogen) atoms. The molecule has 0 aliphatic heterocycles. The third-order valence-corrected chi connectivity index (χ3v) is 2.68. The molecule has 1 aromatic rings. The number of rotatable bonds is 3. The molecule has 2 nitrogen and oxygen atoms in total. The Labute approximate surface area is 123 Å². The van der Waals surface area contributed by atoms with Crippen LogP contribution in [-0.2, 0) is 0 Å². The van der Waals surface area contributed by atoms with Gasteiger partial charge in [0.25, 0.3) is 0 Å². The summed E-state index contributed by atoms with van der Waals surface area (Å²) in [5.41, 5.74) is 1.24. The van der Waals surface area contributed by atoms with Crippen molar-refractivity contribution in [2.45, 2.75) is 0 Å². The van der Waals surface area contributed by atoms with Crippen molar-refractivity contribution in [2.24, 2.45) is 0 Å². The van der Waals surface area contributed by atoms with E-state index in [1.54, 1.807) is 11.3 Å². The Hall–Kier alpha value is -1.08. The number of halogens is 6. The van der Waals surface area contributed by atoms with Gasteiger partial charge < -0.3 is 4.90 Å². The zero-order valence-corrected chi connectivity index (χ0v) is 13.6. The van der Waals surface area contributed by atoms with Gasteiger partial charge >= 0.3 is 33.0 Å². The first-order valence-electron chi connectivity index (χ1n) is 5.55. The van der Waals surface area contributed by atoms with E-state index >= 15 is 0 Å². The van der Waals surface area contributed by atoms with E-state index in [-0.39, 0.29) is 0 Å². The van der Waals surface area contributed by atoms with Crippen molar-refractivity contribution in [3.8, 4) is 0 Å². The predicted molar refractivity (Wildman–Crippen MR) is 77.7 cm³/mol. The van der Waals surface area contributed by atoms with Crippen molar-refractivity contribution in [3.05, 3.63) is 28.5 Å². The van der Waals surface area contributed by atoms with Gasteiger partial charge in [0.15, 0.2) is 6.21 Å². The zero-order valence-electron chi connectivity index (χ0n) is 11.9. The SMILES string of the molecule is CN(C)/C(=C/C=[N+](C)C)c1cccs1.F[P-](F)(F)(F)(F)F. The van der Waals surface area contributed by atoms with E-state index in [9.17, 15) is 25.2 Å². The number of nitrogens with zero attached hydrogens (tertiary/aromatic N) is 2. The summed E-state index contributed by atoms with van der Waals surface area (Å²) in [6, 6.07) is 4.22. The summed E-state index contributed by atoms with van der Waals surface area (Å²) in [4.78, 5) is 3.43. The molecule has 0 aromatic carbocycles. The van der Waals surface area contributed by atoms with Gasteiger partial charge in [-0.25, -0.2) is 4.58 Å². The Balaban J connectivity index is 0.000000486. The number of hydrogen-bond acceptors (Lipinski definition) is 2. The molecule has 0 spiro atoms. The van der Waals surface area contributed by atoms with Crippen LogP contribution in [-0.4, -0.2) is 43.9 Å². The normalized spacial score (nSPS) is 15.2. The summed E-state index contributed by atoms with van der Waals surface area (Å²) in [5, 5.41) is 2.10. The molecule has 0 unspecified atom stereocenters. The van der Waals surface area contributed by atoms with Crippen molar-refractivity contribution in [1.29, 1.82) is 0 Å². The van der Waals surface area contributed by atoms with E-state index in [2.05, 4.69) is 48.8 Å². The Bertz CT molecular complexity index is 500. The summed E-state index contributed by atoms with van der Waals surface area (Å²) in [7, 11) is -2.48. The van der Waals surface area contributed by atoms with E-state index in [0.29, 0.717) is 0 Å². The predicted octanol–water partition coefficient (Wildman–Crippen LogP) is 5.38. The van der Waals surface area contributed by atoms with Gasteiger partial charge in [0.2, 0.25) is 0 Å². The topological polar surface area (TPSA) is 6.25 Å². The third-order valence-electron chi connectivity index (χ3n) is 1.79. The molecule has 0 radical (unpaired) electrons. The number of hydrogen-bond donors (Lipinski definition) is 0. The molecule has 0 amide bonds. The van der Waals surface area contributed by atoms with E-state index < -0.39 is 7.81 Å². The van der Waals surface area contributed by atoms with Gasteiger partial charge in [-0.3, -0.25) is 0 Å². The Morgan fingerprint density at radius 2 is 1.62 bits per heavy atom. The molecule has 0 saturated carbocycles. The van der Waals surface area contributed by atoms with Crippen LogP contribution >= 0.6 is 19.1 Å². The second-order valence-corrected chi connectivity index (χ2v) is 7.36. The number of allylic oxidation sites excluding steroid dienone is 1. The van der Waals surface area contributed by atoms with Crippen LogP contribution in [0.25, 0.3) is 5.70 Å². The molecular weight excluding hydrogens is 337 g/mol. The van der Waals surface area contributed by atoms with E-state index in [4.69, 9.17) is 0 Å². The van der Waals surface area contributed by atoms with Crippen molar-refractivity contribution >= 4 is 31.1 Å². The summed E-state index contributed by atoms with van der Waals surface area (Å²) in [6.45, 7) is 0. The molecule has 1 heterocycles. The summed E-state index contributed by atoms with van der Waals surface area (Å²) >= 11 is 1.76. The first-order chi connectivity index (χ1) is 9.06. The molecule has 1 rings (SSSR count). The molecule has 0 aliphatic carbocycles. The van der Waals surface area contributed by atoms with Crippen molar-refractivity contribution in [3.63, 3.8) is 0 Å². The van der Waals surface area contributed by atoms with Crippen molar-refractivity contribution in [1.82, 2.24) is 4.90 Å². The van der Waals surface area contributed by atoms with Gasteiger partial charge in [-0.05, 0) is 11.4 Å². The fraction of sp³-hybridized carbons (Fsp3) is 0.364. The van der Waals surface area contributed by atoms with Gasteiger partial charge in [-0.2, -0.15) is 0 Å². The molecule has 0 aliphatic rings. The van der Waals surface area contributed by atoms with Crippen molar-refractivity contribution < 1.29 is 29.8 Å². The molecule has 10 heteroatoms. The van der Waals surface area contributed by atoms with Crippen LogP contribution in [0, 0.1) is 0 Å². The first kappa shape index (κ1) is 19.9. The summed E-state index contributed by atoms with van der Waals surface area (Å²) < 4.78 is 61.2. The molecule has 0 atom stereocenters. The Morgan fingerprint density at radius 1 is 1.14 bits per heavy atom. The second-order valence-electron chi connectivity index (χ2n) is 4.49. The van der Waals surface area contributed by atoms with Gasteiger partial charge in [0.05, 0.1) is 10.6 Å². The quantitative estimate of drug-likeness (QED) is 0.306. The Morgan fingerprint density at radius 3 is 1.90 bits per heavy atom. The van der Waals surface area contributed by atoms with Crippen LogP contribution in [0.3, 0.4) is 0 Å². The minimum atomic E-state index is -10.7. The van der Waals surface area contributed by atoms with Gasteiger partial charge in [0.1, 0.15) is 14.1 Å². The van der Waals surface area contributed by atoms with E-state index in [0.717, 1.165) is 0 Å². The molecule has 0 N–H and O–H groups in total. The maximum absolute atomic E-state index is 10.7. The van der Waals surface area contributed by atoms with Crippen molar-refractivity contribution in [2.75, 3.05) is 28.2 Å². The van der Waals surface area contributed by atoms with Crippen LogP contribution in [0.5, 0.6) is 0 Å². The van der Waals surface area contributed by atoms with Crippen LogP contribution in [0.15, 0.2) is 23.6 Å². The molecule has 1 aromatic heterocycles. The van der Waals surface area contributed by atoms with Gasteiger partial charge in [-0.1, -0.05) is 6.07 Å². The van der Waals surface area contributed by atoms with E-state index in [1.165, 1.54) is 10.6 Å². The average Bonchev–Trinajstić information content (AvgIpc) is 2.64. The molecule has 0 saturated heterocycles. The first-order valence-corrected chi connectivity index (χ1v) is 8.46. The van der Waals surface area contributed by atoms with Crippen LogP contribution in [0.2, 0.25) is 0 Å². The second kappa shape index (κ2) is 5.96. The van der Waals surface area contributed by atoms with Gasteiger partial charge in [-0.15, -0.1) is 11.3 Å².